The smallest absolute Gasteiger partial charge is 0.219 e. The summed E-state index contributed by atoms with van der Waals surface area (Å²) in [6.45, 7) is 3.08. The normalized spacial score (nSPS) is 14.6. The maximum atomic E-state index is 11.6. The predicted octanol–water partition coefficient (Wildman–Crippen LogP) is 4.61. The van der Waals surface area contributed by atoms with E-state index in [2.05, 4.69) is 21.1 Å². The van der Waals surface area contributed by atoms with Crippen LogP contribution in [0, 0.1) is 11.3 Å². The Kier molecular flexibility index (Phi) is 5.00. The Hall–Kier alpha value is -4.23. The monoisotopic (exact) mass is 483 g/mol. The van der Waals surface area contributed by atoms with Gasteiger partial charge in [0.25, 0.3) is 0 Å². The number of pyridine rings is 2. The van der Waals surface area contributed by atoms with Crippen LogP contribution < -0.4 is 5.73 Å². The van der Waals surface area contributed by atoms with E-state index in [1.807, 2.05) is 34.1 Å². The van der Waals surface area contributed by atoms with Gasteiger partial charge in [-0.1, -0.05) is 0 Å². The first kappa shape index (κ1) is 21.3. The van der Waals surface area contributed by atoms with Crippen molar-refractivity contribution in [2.75, 3.05) is 18.8 Å². The van der Waals surface area contributed by atoms with Crippen molar-refractivity contribution < 1.29 is 9.21 Å². The molecule has 1 aliphatic heterocycles. The summed E-state index contributed by atoms with van der Waals surface area (Å²) in [6.07, 6.45) is 10.8. The second-order valence-electron chi connectivity index (χ2n) is 8.65. The molecule has 0 aromatic carbocycles. The van der Waals surface area contributed by atoms with E-state index in [1.165, 1.54) is 11.3 Å². The zero-order chi connectivity index (χ0) is 24.1. The van der Waals surface area contributed by atoms with E-state index >= 15 is 0 Å². The van der Waals surface area contributed by atoms with Crippen molar-refractivity contribution in [2.24, 2.45) is 0 Å². The van der Waals surface area contributed by atoms with Crippen LogP contribution in [0.3, 0.4) is 0 Å². The van der Waals surface area contributed by atoms with E-state index in [1.54, 1.807) is 25.5 Å². The van der Waals surface area contributed by atoms with Crippen molar-refractivity contribution in [1.29, 1.82) is 5.26 Å². The molecule has 1 amide bonds. The van der Waals surface area contributed by atoms with Gasteiger partial charge in [0.2, 0.25) is 5.91 Å². The third-order valence-electron chi connectivity index (χ3n) is 6.62. The Labute approximate surface area is 204 Å². The largest absolute Gasteiger partial charge is 0.452 e. The molecule has 0 bridgehead atoms. The summed E-state index contributed by atoms with van der Waals surface area (Å²) in [5.74, 6) is 0.975. The molecule has 5 aromatic heterocycles. The van der Waals surface area contributed by atoms with Crippen LogP contribution in [-0.4, -0.2) is 43.6 Å². The number of anilines is 1. The van der Waals surface area contributed by atoms with Gasteiger partial charge < -0.3 is 15.1 Å². The maximum Gasteiger partial charge on any atom is 0.219 e. The Morgan fingerprint density at radius 3 is 2.86 bits per heavy atom. The van der Waals surface area contributed by atoms with E-state index in [0.29, 0.717) is 22.0 Å². The fourth-order valence-electron chi connectivity index (χ4n) is 4.79. The van der Waals surface area contributed by atoms with Gasteiger partial charge in [-0.05, 0) is 25.0 Å². The molecule has 0 spiro atoms. The van der Waals surface area contributed by atoms with Gasteiger partial charge in [0.15, 0.2) is 11.4 Å². The molecule has 2 N–H and O–H groups in total. The topological polar surface area (TPSA) is 127 Å². The van der Waals surface area contributed by atoms with Gasteiger partial charge in [-0.2, -0.15) is 10.4 Å². The SMILES string of the molecule is CC(=O)N1CCC(n2cc(-c3cnc(N)c4oc(-c5c(C#N)sc6cnccc56)cc34)cn2)CC1. The third-order valence-corrected chi connectivity index (χ3v) is 7.67. The Morgan fingerprint density at radius 2 is 2.09 bits per heavy atom. The van der Waals surface area contributed by atoms with Crippen LogP contribution in [0.15, 0.2) is 47.5 Å². The average Bonchev–Trinajstić information content (AvgIpc) is 3.61. The van der Waals surface area contributed by atoms with Gasteiger partial charge >= 0.3 is 0 Å². The summed E-state index contributed by atoms with van der Waals surface area (Å²) in [7, 11) is 0. The van der Waals surface area contributed by atoms with Crippen LogP contribution in [0.5, 0.6) is 0 Å². The summed E-state index contributed by atoms with van der Waals surface area (Å²) in [5.41, 5.74) is 9.17. The minimum absolute atomic E-state index is 0.116. The molecule has 174 valence electrons. The van der Waals surface area contributed by atoms with Crippen LogP contribution in [0.4, 0.5) is 5.82 Å². The fraction of sp³-hybridized carbons (Fsp3) is 0.240. The highest BCUT2D eigenvalue weighted by atomic mass is 32.1. The minimum atomic E-state index is 0.116. The van der Waals surface area contributed by atoms with E-state index in [-0.39, 0.29) is 11.9 Å². The zero-order valence-electron chi connectivity index (χ0n) is 18.9. The van der Waals surface area contributed by atoms with Crippen molar-refractivity contribution in [1.82, 2.24) is 24.6 Å². The highest BCUT2D eigenvalue weighted by Gasteiger charge is 2.24. The van der Waals surface area contributed by atoms with Crippen LogP contribution in [0.25, 0.3) is 43.5 Å². The van der Waals surface area contributed by atoms with Gasteiger partial charge in [-0.15, -0.1) is 11.3 Å². The molecule has 1 saturated heterocycles. The molecule has 35 heavy (non-hydrogen) atoms. The summed E-state index contributed by atoms with van der Waals surface area (Å²) in [5, 5.41) is 16.1. The summed E-state index contributed by atoms with van der Waals surface area (Å²) >= 11 is 1.39. The second-order valence-corrected chi connectivity index (χ2v) is 9.70. The molecular weight excluding hydrogens is 462 g/mol. The summed E-state index contributed by atoms with van der Waals surface area (Å²) < 4.78 is 9.09. The van der Waals surface area contributed by atoms with Crippen molar-refractivity contribution in [3.05, 3.63) is 48.0 Å². The van der Waals surface area contributed by atoms with Gasteiger partial charge in [-0.3, -0.25) is 14.5 Å². The average molecular weight is 484 g/mol. The molecule has 6 heterocycles. The van der Waals surface area contributed by atoms with Crippen LogP contribution in [0.1, 0.15) is 30.7 Å². The number of nitrogens with two attached hydrogens (primary N) is 1. The molecule has 6 rings (SSSR count). The van der Waals surface area contributed by atoms with E-state index < -0.39 is 0 Å². The Morgan fingerprint density at radius 1 is 1.26 bits per heavy atom. The molecule has 1 aliphatic rings. The number of nitrogens with zero attached hydrogens (tertiary/aromatic N) is 6. The first-order chi connectivity index (χ1) is 17.0. The highest BCUT2D eigenvalue weighted by molar-refractivity contribution is 7.20. The number of carbonyl (C=O) groups is 1. The number of carbonyl (C=O) groups excluding carboxylic acids is 1. The number of furan rings is 1. The lowest BCUT2D eigenvalue weighted by Crippen LogP contribution is -2.37. The van der Waals surface area contributed by atoms with Crippen molar-refractivity contribution in [2.45, 2.75) is 25.8 Å². The number of rotatable bonds is 3. The van der Waals surface area contributed by atoms with E-state index in [0.717, 1.165) is 58.1 Å². The van der Waals surface area contributed by atoms with Crippen molar-refractivity contribution in [3.63, 3.8) is 0 Å². The van der Waals surface area contributed by atoms with Crippen molar-refractivity contribution >= 4 is 44.1 Å². The zero-order valence-corrected chi connectivity index (χ0v) is 19.7. The van der Waals surface area contributed by atoms with Crippen molar-refractivity contribution in [3.8, 4) is 28.5 Å². The number of hydrogen-bond donors (Lipinski definition) is 1. The van der Waals surface area contributed by atoms with Crippen LogP contribution >= 0.6 is 11.3 Å². The Balaban J connectivity index is 1.41. The van der Waals surface area contributed by atoms with Gasteiger partial charge in [-0.25, -0.2) is 4.98 Å². The number of fused-ring (bicyclic) bond motifs is 2. The quantitative estimate of drug-likeness (QED) is 0.397. The number of piperidine rings is 1. The Bertz CT molecular complexity index is 1630. The fourth-order valence-corrected chi connectivity index (χ4v) is 5.77. The first-order valence-corrected chi connectivity index (χ1v) is 12.1. The molecule has 1 fully saturated rings. The molecule has 0 radical (unpaired) electrons. The lowest BCUT2D eigenvalue weighted by Gasteiger charge is -2.31. The molecule has 0 aliphatic carbocycles. The van der Waals surface area contributed by atoms with Crippen LogP contribution in [0.2, 0.25) is 0 Å². The second kappa shape index (κ2) is 8.21. The number of likely N-dealkylation sites (tertiary alicyclic amines) is 1. The van der Waals surface area contributed by atoms with E-state index in [9.17, 15) is 10.1 Å². The third kappa shape index (κ3) is 3.52. The van der Waals surface area contributed by atoms with E-state index in [4.69, 9.17) is 10.2 Å². The summed E-state index contributed by atoms with van der Waals surface area (Å²) in [4.78, 5) is 22.6. The van der Waals surface area contributed by atoms with Gasteiger partial charge in [0.05, 0.1) is 22.5 Å². The van der Waals surface area contributed by atoms with Gasteiger partial charge in [0.1, 0.15) is 16.7 Å². The first-order valence-electron chi connectivity index (χ1n) is 11.3. The maximum absolute atomic E-state index is 11.6. The molecule has 5 aromatic rings. The molecule has 0 unspecified atom stereocenters. The molecule has 9 nitrogen and oxygen atoms in total. The minimum Gasteiger partial charge on any atom is -0.452 e. The number of nitrogen functional groups attached to an aromatic ring is 1. The standard InChI is InChI=1S/C25H21N7O2S/c1-14(33)31-6-3-16(4-7-31)32-13-15(10-30-32)19-11-29-25(27)24-18(19)8-20(34-24)23-17-2-5-28-12-22(17)35-21(23)9-26/h2,5,8,10-13,16H,3-4,6-7H2,1H3,(H2,27,29). The van der Waals surface area contributed by atoms with Crippen LogP contribution in [-0.2, 0) is 4.79 Å². The predicted molar refractivity (Wildman–Crippen MR) is 133 cm³/mol. The molecule has 0 saturated carbocycles. The molecule has 10 heteroatoms. The molecule has 0 atom stereocenters. The number of nitriles is 1. The molecular formula is C25H21N7O2S. The summed E-state index contributed by atoms with van der Waals surface area (Å²) in [6, 6.07) is 6.33. The lowest BCUT2D eigenvalue weighted by molar-refractivity contribution is -0.130. The highest BCUT2D eigenvalue weighted by Crippen LogP contribution is 2.42. The number of thiophene rings is 1. The lowest BCUT2D eigenvalue weighted by atomic mass is 10.0. The van der Waals surface area contributed by atoms with Gasteiger partial charge in [0, 0.05) is 66.7 Å². The number of aromatic nitrogens is 4. The number of hydrogen-bond acceptors (Lipinski definition) is 8. The number of amides is 1.